The number of methoxy groups -OCH3 is 1. The molecular weight excluding hydrogens is 286 g/mol. The van der Waals surface area contributed by atoms with Crippen LogP contribution in [0.1, 0.15) is 5.56 Å². The summed E-state index contributed by atoms with van der Waals surface area (Å²) in [6.45, 7) is 0. The molecule has 2 N–H and O–H groups in total. The van der Waals surface area contributed by atoms with Crippen LogP contribution >= 0.6 is 0 Å². The van der Waals surface area contributed by atoms with Crippen molar-refractivity contribution in [2.45, 2.75) is 5.75 Å². The minimum absolute atomic E-state index is 0.108. The van der Waals surface area contributed by atoms with Gasteiger partial charge >= 0.3 is 0 Å². The standard InChI is InChI=1S/C16H17NO3S/c1-20-15-7-3-6-14(9-15)13-5-2-4-12(8-13)10-21(19)11-16(17)18/h2-9H,10-11H2,1H3,(H2,17,18)/t21-/m0/s1. The van der Waals surface area contributed by atoms with Gasteiger partial charge < -0.3 is 10.5 Å². The topological polar surface area (TPSA) is 69.4 Å². The Hall–Kier alpha value is -2.14. The van der Waals surface area contributed by atoms with Gasteiger partial charge in [0.05, 0.1) is 7.11 Å². The number of ether oxygens (including phenoxy) is 1. The number of amides is 1. The van der Waals surface area contributed by atoms with Crippen LogP contribution in [-0.4, -0.2) is 23.0 Å². The van der Waals surface area contributed by atoms with E-state index in [-0.39, 0.29) is 5.75 Å². The quantitative estimate of drug-likeness (QED) is 0.888. The van der Waals surface area contributed by atoms with E-state index in [1.807, 2.05) is 48.5 Å². The smallest absolute Gasteiger partial charge is 0.230 e. The lowest BCUT2D eigenvalue weighted by molar-refractivity contribution is -0.115. The molecule has 0 spiro atoms. The maximum atomic E-state index is 11.8. The van der Waals surface area contributed by atoms with E-state index in [2.05, 4.69) is 0 Å². The molecule has 2 rings (SSSR count). The molecule has 0 fully saturated rings. The van der Waals surface area contributed by atoms with Crippen molar-refractivity contribution in [1.29, 1.82) is 0 Å². The molecule has 0 aliphatic carbocycles. The fourth-order valence-electron chi connectivity index (χ4n) is 2.04. The average Bonchev–Trinajstić information content (AvgIpc) is 2.46. The number of benzene rings is 2. The van der Waals surface area contributed by atoms with E-state index in [4.69, 9.17) is 10.5 Å². The van der Waals surface area contributed by atoms with Crippen molar-refractivity contribution >= 4 is 16.7 Å². The van der Waals surface area contributed by atoms with Gasteiger partial charge in [-0.2, -0.15) is 0 Å². The Balaban J connectivity index is 2.20. The molecule has 5 heteroatoms. The third kappa shape index (κ3) is 4.43. The highest BCUT2D eigenvalue weighted by Gasteiger charge is 2.07. The van der Waals surface area contributed by atoms with Gasteiger partial charge in [0.15, 0.2) is 0 Å². The molecule has 4 nitrogen and oxygen atoms in total. The molecule has 2 aromatic rings. The first kappa shape index (κ1) is 15.3. The minimum Gasteiger partial charge on any atom is -0.497 e. The second kappa shape index (κ2) is 7.04. The summed E-state index contributed by atoms with van der Waals surface area (Å²) >= 11 is 0. The van der Waals surface area contributed by atoms with E-state index < -0.39 is 16.7 Å². The Morgan fingerprint density at radius 1 is 1.14 bits per heavy atom. The number of carbonyl (C=O) groups excluding carboxylic acids is 1. The van der Waals surface area contributed by atoms with Crippen LogP contribution in [0.5, 0.6) is 5.75 Å². The van der Waals surface area contributed by atoms with E-state index >= 15 is 0 Å². The van der Waals surface area contributed by atoms with Gasteiger partial charge in [-0.1, -0.05) is 36.4 Å². The third-order valence-corrected chi connectivity index (χ3v) is 4.22. The zero-order valence-corrected chi connectivity index (χ0v) is 12.6. The molecule has 0 aliphatic rings. The average molecular weight is 303 g/mol. The minimum atomic E-state index is -1.27. The number of nitrogens with two attached hydrogens (primary N) is 1. The third-order valence-electron chi connectivity index (χ3n) is 2.96. The van der Waals surface area contributed by atoms with Crippen LogP contribution in [0.25, 0.3) is 11.1 Å². The van der Waals surface area contributed by atoms with Gasteiger partial charge in [-0.25, -0.2) is 0 Å². The second-order valence-corrected chi connectivity index (χ2v) is 6.08. The number of hydrogen-bond acceptors (Lipinski definition) is 3. The van der Waals surface area contributed by atoms with Crippen LogP contribution in [0.3, 0.4) is 0 Å². The van der Waals surface area contributed by atoms with Crippen LogP contribution in [0.2, 0.25) is 0 Å². The summed E-state index contributed by atoms with van der Waals surface area (Å²) < 4.78 is 17.0. The van der Waals surface area contributed by atoms with E-state index in [0.717, 1.165) is 22.4 Å². The molecule has 0 saturated carbocycles. The molecule has 0 aromatic heterocycles. The number of rotatable bonds is 6. The first-order chi connectivity index (χ1) is 10.1. The van der Waals surface area contributed by atoms with Gasteiger partial charge in [0, 0.05) is 16.6 Å². The summed E-state index contributed by atoms with van der Waals surface area (Å²) in [5.41, 5.74) is 8.01. The summed E-state index contributed by atoms with van der Waals surface area (Å²) in [6, 6.07) is 15.5. The van der Waals surface area contributed by atoms with Crippen molar-refractivity contribution < 1.29 is 13.7 Å². The second-order valence-electron chi connectivity index (χ2n) is 4.63. The molecule has 1 atom stereocenters. The Bertz CT molecular complexity index is 670. The van der Waals surface area contributed by atoms with Crippen LogP contribution < -0.4 is 10.5 Å². The first-order valence-corrected chi connectivity index (χ1v) is 7.94. The van der Waals surface area contributed by atoms with Crippen molar-refractivity contribution in [2.75, 3.05) is 12.9 Å². The van der Waals surface area contributed by atoms with E-state index in [1.165, 1.54) is 0 Å². The molecule has 0 aliphatic heterocycles. The highest BCUT2D eigenvalue weighted by atomic mass is 32.2. The van der Waals surface area contributed by atoms with Crippen molar-refractivity contribution in [3.8, 4) is 16.9 Å². The predicted molar refractivity (Wildman–Crippen MR) is 84.3 cm³/mol. The van der Waals surface area contributed by atoms with Gasteiger partial charge in [-0.15, -0.1) is 0 Å². The molecule has 110 valence electrons. The van der Waals surface area contributed by atoms with Crippen molar-refractivity contribution in [3.63, 3.8) is 0 Å². The van der Waals surface area contributed by atoms with E-state index in [1.54, 1.807) is 7.11 Å². The molecule has 0 saturated heterocycles. The lowest BCUT2D eigenvalue weighted by atomic mass is 10.0. The number of carbonyl (C=O) groups is 1. The Kier molecular flexibility index (Phi) is 5.11. The van der Waals surface area contributed by atoms with Crippen LogP contribution in [0, 0.1) is 0 Å². The Morgan fingerprint density at radius 2 is 1.81 bits per heavy atom. The van der Waals surface area contributed by atoms with Gasteiger partial charge in [0.2, 0.25) is 5.91 Å². The predicted octanol–water partition coefficient (Wildman–Crippen LogP) is 2.10. The molecule has 21 heavy (non-hydrogen) atoms. The van der Waals surface area contributed by atoms with Crippen molar-refractivity contribution in [1.82, 2.24) is 0 Å². The summed E-state index contributed by atoms with van der Waals surface area (Å²) in [4.78, 5) is 10.8. The monoisotopic (exact) mass is 303 g/mol. The number of primary amides is 1. The molecule has 1 amide bonds. The van der Waals surface area contributed by atoms with Gasteiger partial charge in [-0.3, -0.25) is 9.00 Å². The summed E-state index contributed by atoms with van der Waals surface area (Å²) in [6.07, 6.45) is 0. The maximum absolute atomic E-state index is 11.8. The van der Waals surface area contributed by atoms with Crippen molar-refractivity contribution in [3.05, 3.63) is 54.1 Å². The fraction of sp³-hybridized carbons (Fsp3) is 0.188. The van der Waals surface area contributed by atoms with E-state index in [9.17, 15) is 9.00 Å². The molecule has 0 bridgehead atoms. The maximum Gasteiger partial charge on any atom is 0.230 e. The summed E-state index contributed by atoms with van der Waals surface area (Å²) in [5.74, 6) is 0.455. The van der Waals surface area contributed by atoms with Gasteiger partial charge in [0.1, 0.15) is 11.5 Å². The van der Waals surface area contributed by atoms with Crippen LogP contribution in [0.15, 0.2) is 48.5 Å². The highest BCUT2D eigenvalue weighted by molar-refractivity contribution is 7.84. The van der Waals surface area contributed by atoms with E-state index in [0.29, 0.717) is 5.75 Å². The van der Waals surface area contributed by atoms with Gasteiger partial charge in [0.25, 0.3) is 0 Å². The normalized spacial score (nSPS) is 11.9. The summed E-state index contributed by atoms with van der Waals surface area (Å²) in [5, 5.41) is 0. The molecule has 0 unspecified atom stereocenters. The molecular formula is C16H17NO3S. The largest absolute Gasteiger partial charge is 0.497 e. The zero-order chi connectivity index (χ0) is 15.2. The number of hydrogen-bond donors (Lipinski definition) is 1. The van der Waals surface area contributed by atoms with Crippen LogP contribution in [-0.2, 0) is 21.3 Å². The summed E-state index contributed by atoms with van der Waals surface area (Å²) in [7, 11) is 0.356. The van der Waals surface area contributed by atoms with Gasteiger partial charge in [-0.05, 0) is 28.8 Å². The van der Waals surface area contributed by atoms with Crippen LogP contribution in [0.4, 0.5) is 0 Å². The first-order valence-electron chi connectivity index (χ1n) is 6.45. The lowest BCUT2D eigenvalue weighted by Gasteiger charge is -2.07. The highest BCUT2D eigenvalue weighted by Crippen LogP contribution is 2.24. The zero-order valence-electron chi connectivity index (χ0n) is 11.7. The molecule has 0 heterocycles. The molecule has 2 aromatic carbocycles. The fourth-order valence-corrected chi connectivity index (χ4v) is 3.01. The Labute approximate surface area is 126 Å². The Morgan fingerprint density at radius 3 is 2.48 bits per heavy atom. The van der Waals surface area contributed by atoms with Crippen molar-refractivity contribution in [2.24, 2.45) is 5.73 Å². The molecule has 0 radical (unpaired) electrons. The SMILES string of the molecule is COc1cccc(-c2cccc(C[S@](=O)CC(N)=O)c2)c1. The lowest BCUT2D eigenvalue weighted by Crippen LogP contribution is -2.20.